The smallest absolute Gasteiger partial charge is 0.333 e. The van der Waals surface area contributed by atoms with Gasteiger partial charge in [0.1, 0.15) is 11.7 Å². The number of aliphatic hydroxyl groups is 1. The lowest BCUT2D eigenvalue weighted by Crippen LogP contribution is -2.59. The summed E-state index contributed by atoms with van der Waals surface area (Å²) < 4.78 is 5.62. The molecule has 4 nitrogen and oxygen atoms in total. The van der Waals surface area contributed by atoms with Gasteiger partial charge in [-0.2, -0.15) is 0 Å². The van der Waals surface area contributed by atoms with Gasteiger partial charge in [-0.05, 0) is 64.9 Å². The Hall–Kier alpha value is -1.42. The molecule has 2 rings (SSSR count). The van der Waals surface area contributed by atoms with Gasteiger partial charge in [0.25, 0.3) is 0 Å². The number of hydrogen-bond acceptors (Lipinski definition) is 4. The van der Waals surface area contributed by atoms with E-state index in [0.717, 1.165) is 17.6 Å². The van der Waals surface area contributed by atoms with Crippen LogP contribution in [0.1, 0.15) is 67.2 Å². The molecule has 2 aliphatic rings. The molecule has 2 fully saturated rings. The highest BCUT2D eigenvalue weighted by atomic mass is 16.6. The molecule has 0 amide bonds. The van der Waals surface area contributed by atoms with E-state index in [1.807, 2.05) is 13.8 Å². The van der Waals surface area contributed by atoms with Crippen molar-refractivity contribution in [3.8, 4) is 0 Å². The maximum Gasteiger partial charge on any atom is 0.333 e. The van der Waals surface area contributed by atoms with Crippen molar-refractivity contribution in [3.63, 3.8) is 0 Å². The van der Waals surface area contributed by atoms with Gasteiger partial charge in [0, 0.05) is 17.9 Å². The van der Waals surface area contributed by atoms with Crippen molar-refractivity contribution in [1.29, 1.82) is 0 Å². The molecule has 24 heavy (non-hydrogen) atoms. The normalized spacial score (nSPS) is 37.0. The van der Waals surface area contributed by atoms with Crippen molar-refractivity contribution in [2.75, 3.05) is 0 Å². The molecule has 0 spiro atoms. The molecule has 0 saturated heterocycles. The predicted molar refractivity (Wildman–Crippen MR) is 93.4 cm³/mol. The van der Waals surface area contributed by atoms with Crippen LogP contribution < -0.4 is 0 Å². The van der Waals surface area contributed by atoms with E-state index in [4.69, 9.17) is 4.74 Å². The minimum Gasteiger partial charge on any atom is -0.456 e. The Bertz CT molecular complexity index is 607. The summed E-state index contributed by atoms with van der Waals surface area (Å²) in [7, 11) is 0. The molecule has 0 aromatic rings. The lowest BCUT2D eigenvalue weighted by molar-refractivity contribution is -0.197. The van der Waals surface area contributed by atoms with Gasteiger partial charge in [0.2, 0.25) is 0 Å². The average molecular weight is 334 g/mol. The van der Waals surface area contributed by atoms with E-state index in [9.17, 15) is 14.7 Å². The van der Waals surface area contributed by atoms with E-state index in [2.05, 4.69) is 6.92 Å². The Kier molecular flexibility index (Phi) is 5.10. The molecule has 0 aromatic carbocycles. The molecule has 0 aromatic heterocycles. The molecule has 2 saturated carbocycles. The van der Waals surface area contributed by atoms with Crippen molar-refractivity contribution in [1.82, 2.24) is 0 Å². The van der Waals surface area contributed by atoms with E-state index in [-0.39, 0.29) is 23.1 Å². The zero-order valence-electron chi connectivity index (χ0n) is 15.7. The van der Waals surface area contributed by atoms with Gasteiger partial charge in [-0.15, -0.1) is 0 Å². The molecule has 0 bridgehead atoms. The number of allylic oxidation sites excluding steroid dienone is 3. The number of fused-ring (bicyclic) bond motifs is 1. The standard InChI is InChI=1S/C20H30O4/c1-7-13(4)18(22)24-17-8-9-19(5)11-15(21)14(12(2)3)10-16(19)20(17,6)23/h7,16-17,23H,8-11H2,1-6H3/b13-7-/t16-,17-,19-,20+/m1/s1. The van der Waals surface area contributed by atoms with Crippen LogP contribution in [0.2, 0.25) is 0 Å². The number of ether oxygens (including phenoxy) is 1. The average Bonchev–Trinajstić information content (AvgIpc) is 2.48. The summed E-state index contributed by atoms with van der Waals surface area (Å²) in [6.45, 7) is 11.2. The molecule has 1 N–H and O–H groups in total. The maximum absolute atomic E-state index is 12.5. The van der Waals surface area contributed by atoms with Crippen LogP contribution in [-0.4, -0.2) is 28.6 Å². The molecule has 4 atom stereocenters. The molecular weight excluding hydrogens is 304 g/mol. The van der Waals surface area contributed by atoms with Crippen molar-refractivity contribution in [2.45, 2.75) is 78.9 Å². The third-order valence-corrected chi connectivity index (χ3v) is 6.09. The largest absolute Gasteiger partial charge is 0.456 e. The summed E-state index contributed by atoms with van der Waals surface area (Å²) >= 11 is 0. The zero-order valence-corrected chi connectivity index (χ0v) is 15.7. The van der Waals surface area contributed by atoms with Crippen LogP contribution in [0.15, 0.2) is 22.8 Å². The van der Waals surface area contributed by atoms with Gasteiger partial charge in [0.15, 0.2) is 5.78 Å². The van der Waals surface area contributed by atoms with Crippen LogP contribution in [0, 0.1) is 11.3 Å². The first-order valence-electron chi connectivity index (χ1n) is 8.78. The van der Waals surface area contributed by atoms with Crippen LogP contribution in [0.5, 0.6) is 0 Å². The Morgan fingerprint density at radius 3 is 2.46 bits per heavy atom. The SMILES string of the molecule is C/C=C(/C)C(=O)O[C@@H]1CC[C@]2(C)CC(=O)C(=C(C)C)C[C@H]2[C@]1(C)O. The summed E-state index contributed by atoms with van der Waals surface area (Å²) in [4.78, 5) is 24.6. The first-order chi connectivity index (χ1) is 11.0. The van der Waals surface area contributed by atoms with E-state index < -0.39 is 11.7 Å². The summed E-state index contributed by atoms with van der Waals surface area (Å²) in [6, 6.07) is 0. The maximum atomic E-state index is 12.5. The zero-order chi connectivity index (χ0) is 18.3. The van der Waals surface area contributed by atoms with Gasteiger partial charge in [-0.25, -0.2) is 4.79 Å². The number of hydrogen-bond donors (Lipinski definition) is 1. The number of carbonyl (C=O) groups excluding carboxylic acids is 2. The summed E-state index contributed by atoms with van der Waals surface area (Å²) in [5.41, 5.74) is 1.01. The van der Waals surface area contributed by atoms with E-state index in [0.29, 0.717) is 24.8 Å². The van der Waals surface area contributed by atoms with Gasteiger partial charge < -0.3 is 9.84 Å². The number of ketones is 1. The Labute approximate surface area is 145 Å². The lowest BCUT2D eigenvalue weighted by Gasteiger charge is -2.55. The number of esters is 1. The number of Topliss-reactive ketones (excluding diaryl/α,β-unsaturated/α-hetero) is 1. The van der Waals surface area contributed by atoms with Gasteiger partial charge in [-0.1, -0.05) is 18.6 Å². The first kappa shape index (κ1) is 18.9. The third-order valence-electron chi connectivity index (χ3n) is 6.09. The van der Waals surface area contributed by atoms with Gasteiger partial charge in [-0.3, -0.25) is 4.79 Å². The Morgan fingerprint density at radius 1 is 1.29 bits per heavy atom. The van der Waals surface area contributed by atoms with E-state index >= 15 is 0 Å². The molecular formula is C20H30O4. The first-order valence-corrected chi connectivity index (χ1v) is 8.78. The second-order valence-corrected chi connectivity index (χ2v) is 8.12. The molecule has 0 radical (unpaired) electrons. The summed E-state index contributed by atoms with van der Waals surface area (Å²) in [5, 5.41) is 11.3. The minimum atomic E-state index is -1.14. The van der Waals surface area contributed by atoms with Crippen LogP contribution in [0.3, 0.4) is 0 Å². The second kappa shape index (κ2) is 6.47. The highest BCUT2D eigenvalue weighted by Gasteiger charge is 2.57. The quantitative estimate of drug-likeness (QED) is 0.617. The Balaban J connectivity index is 2.31. The molecule has 134 valence electrons. The fourth-order valence-corrected chi connectivity index (χ4v) is 4.31. The fraction of sp³-hybridized carbons (Fsp3) is 0.700. The minimum absolute atomic E-state index is 0.0925. The van der Waals surface area contributed by atoms with Crippen molar-refractivity contribution < 1.29 is 19.4 Å². The van der Waals surface area contributed by atoms with Crippen molar-refractivity contribution in [2.24, 2.45) is 11.3 Å². The molecule has 0 unspecified atom stereocenters. The van der Waals surface area contributed by atoms with E-state index in [1.165, 1.54) is 0 Å². The number of rotatable bonds is 2. The van der Waals surface area contributed by atoms with E-state index in [1.54, 1.807) is 26.8 Å². The van der Waals surface area contributed by atoms with Crippen LogP contribution in [0.4, 0.5) is 0 Å². The molecule has 0 aliphatic heterocycles. The third kappa shape index (κ3) is 3.21. The second-order valence-electron chi connectivity index (χ2n) is 8.12. The van der Waals surface area contributed by atoms with Crippen LogP contribution in [-0.2, 0) is 14.3 Å². The molecule has 2 aliphatic carbocycles. The van der Waals surface area contributed by atoms with Crippen molar-refractivity contribution >= 4 is 11.8 Å². The number of carbonyl (C=O) groups is 2. The highest BCUT2D eigenvalue weighted by Crippen LogP contribution is 2.55. The van der Waals surface area contributed by atoms with Gasteiger partial charge >= 0.3 is 5.97 Å². The topological polar surface area (TPSA) is 63.6 Å². The van der Waals surface area contributed by atoms with Crippen LogP contribution in [0.25, 0.3) is 0 Å². The predicted octanol–water partition coefficient (Wildman–Crippen LogP) is 3.73. The molecule has 0 heterocycles. The summed E-state index contributed by atoms with van der Waals surface area (Å²) in [5.74, 6) is -0.268. The van der Waals surface area contributed by atoms with Crippen molar-refractivity contribution in [3.05, 3.63) is 22.8 Å². The Morgan fingerprint density at radius 2 is 1.92 bits per heavy atom. The monoisotopic (exact) mass is 334 g/mol. The highest BCUT2D eigenvalue weighted by molar-refractivity contribution is 5.97. The van der Waals surface area contributed by atoms with Crippen LogP contribution >= 0.6 is 0 Å². The lowest BCUT2D eigenvalue weighted by atomic mass is 9.53. The van der Waals surface area contributed by atoms with Gasteiger partial charge in [0.05, 0.1) is 0 Å². The molecule has 4 heteroatoms. The summed E-state index contributed by atoms with van der Waals surface area (Å²) in [6.07, 6.45) is 3.56. The fourth-order valence-electron chi connectivity index (χ4n) is 4.31.